The fraction of sp³-hybridized carbons (Fsp3) is 0.222. The Morgan fingerprint density at radius 3 is 2.84 bits per heavy atom. The summed E-state index contributed by atoms with van der Waals surface area (Å²) in [4.78, 5) is 21.0. The highest BCUT2D eigenvalue weighted by molar-refractivity contribution is 7.99. The molecule has 0 aliphatic rings. The molecular formula is C18H19N5OS. The maximum absolute atomic E-state index is 12.7. The van der Waals surface area contributed by atoms with E-state index in [1.807, 2.05) is 36.4 Å². The van der Waals surface area contributed by atoms with Gasteiger partial charge in [-0.05, 0) is 23.4 Å². The number of hydrogen-bond acceptors (Lipinski definition) is 5. The van der Waals surface area contributed by atoms with Crippen molar-refractivity contribution >= 4 is 17.7 Å². The van der Waals surface area contributed by atoms with Crippen LogP contribution in [0.3, 0.4) is 0 Å². The molecule has 0 radical (unpaired) electrons. The van der Waals surface area contributed by atoms with Crippen molar-refractivity contribution in [2.75, 3.05) is 5.75 Å². The van der Waals surface area contributed by atoms with Gasteiger partial charge in [-0.1, -0.05) is 37.3 Å². The van der Waals surface area contributed by atoms with E-state index < -0.39 is 0 Å². The largest absolute Gasteiger partial charge is 0.343 e. The first-order chi connectivity index (χ1) is 12.3. The minimum atomic E-state index is -0.203. The highest BCUT2D eigenvalue weighted by Gasteiger charge is 2.17. The molecule has 0 fully saturated rings. The van der Waals surface area contributed by atoms with Crippen LogP contribution in [0.4, 0.5) is 0 Å². The molecule has 1 N–H and O–H groups in total. The van der Waals surface area contributed by atoms with Gasteiger partial charge in [-0.2, -0.15) is 5.10 Å². The van der Waals surface area contributed by atoms with Crippen LogP contribution in [0.15, 0.2) is 66.3 Å². The lowest BCUT2D eigenvalue weighted by molar-refractivity contribution is 0.0931. The number of rotatable bonds is 7. The van der Waals surface area contributed by atoms with Crippen LogP contribution in [0.5, 0.6) is 0 Å². The Kier molecular flexibility index (Phi) is 5.79. The van der Waals surface area contributed by atoms with Gasteiger partial charge >= 0.3 is 0 Å². The molecule has 1 atom stereocenters. The number of carbonyl (C=O) groups is 1. The van der Waals surface area contributed by atoms with Gasteiger partial charge in [0.25, 0.3) is 5.91 Å². The van der Waals surface area contributed by atoms with Crippen molar-refractivity contribution in [3.8, 4) is 0 Å². The van der Waals surface area contributed by atoms with Crippen molar-refractivity contribution in [1.29, 1.82) is 0 Å². The number of thioether (sulfide) groups is 1. The summed E-state index contributed by atoms with van der Waals surface area (Å²) in [7, 11) is 0. The topological polar surface area (TPSA) is 72.7 Å². The van der Waals surface area contributed by atoms with E-state index in [9.17, 15) is 4.79 Å². The van der Waals surface area contributed by atoms with Crippen LogP contribution in [0.2, 0.25) is 0 Å². The second kappa shape index (κ2) is 8.43. The van der Waals surface area contributed by atoms with Gasteiger partial charge in [0.05, 0.1) is 17.6 Å². The first kappa shape index (κ1) is 17.2. The maximum Gasteiger partial charge on any atom is 0.251 e. The van der Waals surface area contributed by atoms with Crippen LogP contribution in [-0.2, 0) is 6.54 Å². The zero-order valence-electron chi connectivity index (χ0n) is 13.9. The van der Waals surface area contributed by atoms with Crippen molar-refractivity contribution in [1.82, 2.24) is 25.1 Å². The van der Waals surface area contributed by atoms with Crippen LogP contribution < -0.4 is 5.32 Å². The molecular weight excluding hydrogens is 334 g/mol. The zero-order valence-corrected chi connectivity index (χ0v) is 14.7. The summed E-state index contributed by atoms with van der Waals surface area (Å²) < 4.78 is 1.71. The van der Waals surface area contributed by atoms with Gasteiger partial charge in [0, 0.05) is 11.8 Å². The van der Waals surface area contributed by atoms with Crippen molar-refractivity contribution in [3.63, 3.8) is 0 Å². The van der Waals surface area contributed by atoms with Crippen LogP contribution in [0, 0.1) is 0 Å². The molecule has 1 unspecified atom stereocenters. The molecule has 6 nitrogen and oxygen atoms in total. The van der Waals surface area contributed by atoms with Gasteiger partial charge in [0.15, 0.2) is 0 Å². The number of benzene rings is 1. The standard InChI is InChI=1S/C18H19N5OS/c1-2-25-17-10-15(8-9-20-17)18(24)22-16(11-23-13-19-12-21-23)14-6-4-3-5-7-14/h3-10,12-13,16H,2,11H2,1H3,(H,22,24). The van der Waals surface area contributed by atoms with E-state index in [1.165, 1.54) is 6.33 Å². The zero-order chi connectivity index (χ0) is 17.5. The van der Waals surface area contributed by atoms with Gasteiger partial charge < -0.3 is 5.32 Å². The predicted molar refractivity (Wildman–Crippen MR) is 97.3 cm³/mol. The van der Waals surface area contributed by atoms with Crippen LogP contribution in [-0.4, -0.2) is 31.4 Å². The number of aromatic nitrogens is 4. The molecule has 2 aromatic heterocycles. The molecule has 0 aliphatic carbocycles. The third-order valence-electron chi connectivity index (χ3n) is 3.63. The molecule has 1 aromatic carbocycles. The van der Waals surface area contributed by atoms with Crippen molar-refractivity contribution in [2.45, 2.75) is 24.5 Å². The summed E-state index contributed by atoms with van der Waals surface area (Å²) in [6.07, 6.45) is 4.80. The molecule has 7 heteroatoms. The summed E-state index contributed by atoms with van der Waals surface area (Å²) in [5, 5.41) is 8.08. The SMILES string of the molecule is CCSc1cc(C(=O)NC(Cn2cncn2)c2ccccc2)ccn1. The number of carbonyl (C=O) groups excluding carboxylic acids is 1. The number of nitrogens with one attached hydrogen (secondary N) is 1. The van der Waals surface area contributed by atoms with Gasteiger partial charge in [-0.25, -0.2) is 9.97 Å². The second-order valence-corrected chi connectivity index (χ2v) is 6.65. The minimum Gasteiger partial charge on any atom is -0.343 e. The lowest BCUT2D eigenvalue weighted by Crippen LogP contribution is -2.31. The summed E-state index contributed by atoms with van der Waals surface area (Å²) in [5.74, 6) is 0.783. The van der Waals surface area contributed by atoms with E-state index in [4.69, 9.17) is 0 Å². The highest BCUT2D eigenvalue weighted by Crippen LogP contribution is 2.18. The highest BCUT2D eigenvalue weighted by atomic mass is 32.2. The Hall–Kier alpha value is -2.67. The molecule has 0 spiro atoms. The Balaban J connectivity index is 1.79. The molecule has 0 aliphatic heterocycles. The average Bonchev–Trinajstić information content (AvgIpc) is 3.15. The molecule has 0 saturated carbocycles. The minimum absolute atomic E-state index is 0.130. The Morgan fingerprint density at radius 1 is 1.28 bits per heavy atom. The average molecular weight is 353 g/mol. The number of hydrogen-bond donors (Lipinski definition) is 1. The van der Waals surface area contributed by atoms with Crippen molar-refractivity contribution in [2.24, 2.45) is 0 Å². The number of pyridine rings is 1. The normalized spacial score (nSPS) is 11.9. The number of nitrogens with zero attached hydrogens (tertiary/aromatic N) is 4. The fourth-order valence-corrected chi connectivity index (χ4v) is 3.09. The lowest BCUT2D eigenvalue weighted by Gasteiger charge is -2.19. The first-order valence-corrected chi connectivity index (χ1v) is 9.02. The first-order valence-electron chi connectivity index (χ1n) is 8.03. The second-order valence-electron chi connectivity index (χ2n) is 5.37. The van der Waals surface area contributed by atoms with Crippen LogP contribution in [0.25, 0.3) is 0 Å². The van der Waals surface area contributed by atoms with E-state index in [0.717, 1.165) is 16.3 Å². The van der Waals surface area contributed by atoms with Crippen LogP contribution in [0.1, 0.15) is 28.9 Å². The van der Waals surface area contributed by atoms with Gasteiger partial charge in [-0.3, -0.25) is 9.48 Å². The summed E-state index contributed by atoms with van der Waals surface area (Å²) >= 11 is 1.61. The monoisotopic (exact) mass is 353 g/mol. The maximum atomic E-state index is 12.7. The van der Waals surface area contributed by atoms with Gasteiger partial charge in [-0.15, -0.1) is 11.8 Å². The molecule has 128 valence electrons. The van der Waals surface area contributed by atoms with E-state index >= 15 is 0 Å². The molecule has 3 rings (SSSR count). The van der Waals surface area contributed by atoms with Crippen molar-refractivity contribution < 1.29 is 4.79 Å². The van der Waals surface area contributed by atoms with E-state index in [-0.39, 0.29) is 11.9 Å². The molecule has 0 saturated heterocycles. The van der Waals surface area contributed by atoms with E-state index in [1.54, 1.807) is 35.0 Å². The Morgan fingerprint density at radius 2 is 2.12 bits per heavy atom. The molecule has 3 aromatic rings. The Labute approximate surface area is 150 Å². The van der Waals surface area contributed by atoms with Crippen LogP contribution >= 0.6 is 11.8 Å². The quantitative estimate of drug-likeness (QED) is 0.661. The fourth-order valence-electron chi connectivity index (χ4n) is 2.45. The van der Waals surface area contributed by atoms with E-state index in [0.29, 0.717) is 12.1 Å². The number of amides is 1. The molecule has 1 amide bonds. The smallest absolute Gasteiger partial charge is 0.251 e. The summed E-state index contributed by atoms with van der Waals surface area (Å²) in [5.41, 5.74) is 1.62. The van der Waals surface area contributed by atoms with Gasteiger partial charge in [0.1, 0.15) is 12.7 Å². The molecule has 0 bridgehead atoms. The third kappa shape index (κ3) is 4.67. The predicted octanol–water partition coefficient (Wildman–Crippen LogP) is 2.96. The Bertz CT molecular complexity index is 807. The molecule has 25 heavy (non-hydrogen) atoms. The molecule has 2 heterocycles. The van der Waals surface area contributed by atoms with Gasteiger partial charge in [0.2, 0.25) is 0 Å². The van der Waals surface area contributed by atoms with Crippen molar-refractivity contribution in [3.05, 3.63) is 72.4 Å². The lowest BCUT2D eigenvalue weighted by atomic mass is 10.1. The van der Waals surface area contributed by atoms with E-state index in [2.05, 4.69) is 27.3 Å². The summed E-state index contributed by atoms with van der Waals surface area (Å²) in [6, 6.07) is 13.2. The third-order valence-corrected chi connectivity index (χ3v) is 4.44. The summed E-state index contributed by atoms with van der Waals surface area (Å²) in [6.45, 7) is 2.57.